The van der Waals surface area contributed by atoms with Crippen LogP contribution in [0.3, 0.4) is 0 Å². The Kier molecular flexibility index (Phi) is 6.00. The highest BCUT2D eigenvalue weighted by molar-refractivity contribution is 7.80. The van der Waals surface area contributed by atoms with Crippen molar-refractivity contribution in [2.24, 2.45) is 0 Å². The van der Waals surface area contributed by atoms with Gasteiger partial charge in [-0.3, -0.25) is 10.1 Å². The molecule has 2 rings (SSSR count). The normalized spacial score (nSPS) is 10.0. The molecular formula is C17H17ClN2O3S. The van der Waals surface area contributed by atoms with Gasteiger partial charge >= 0.3 is 0 Å². The second-order valence-electron chi connectivity index (χ2n) is 4.91. The fraction of sp³-hybridized carbons (Fsp3) is 0.176. The average Bonchev–Trinajstić information content (AvgIpc) is 2.54. The Balaban J connectivity index is 2.08. The Labute approximate surface area is 150 Å². The van der Waals surface area contributed by atoms with Gasteiger partial charge in [-0.25, -0.2) is 0 Å². The quantitative estimate of drug-likeness (QED) is 0.808. The molecule has 0 saturated carbocycles. The number of carbonyl (C=O) groups excluding carboxylic acids is 1. The molecule has 0 aliphatic carbocycles. The molecule has 0 unspecified atom stereocenters. The summed E-state index contributed by atoms with van der Waals surface area (Å²) in [6, 6.07) is 10.4. The number of anilines is 1. The summed E-state index contributed by atoms with van der Waals surface area (Å²) in [5.74, 6) is 0.722. The van der Waals surface area contributed by atoms with Crippen molar-refractivity contribution < 1.29 is 14.3 Å². The van der Waals surface area contributed by atoms with Gasteiger partial charge in [0.05, 0.1) is 24.8 Å². The zero-order valence-corrected chi connectivity index (χ0v) is 15.0. The van der Waals surface area contributed by atoms with Gasteiger partial charge in [0, 0.05) is 5.69 Å². The highest BCUT2D eigenvalue weighted by Gasteiger charge is 2.15. The maximum absolute atomic E-state index is 12.4. The van der Waals surface area contributed by atoms with E-state index >= 15 is 0 Å². The number of aryl methyl sites for hydroxylation is 1. The van der Waals surface area contributed by atoms with E-state index in [-0.39, 0.29) is 11.0 Å². The molecular weight excluding hydrogens is 348 g/mol. The van der Waals surface area contributed by atoms with E-state index in [9.17, 15) is 4.79 Å². The fourth-order valence-corrected chi connectivity index (χ4v) is 2.65. The number of rotatable bonds is 4. The van der Waals surface area contributed by atoms with Crippen molar-refractivity contribution in [3.8, 4) is 11.5 Å². The van der Waals surface area contributed by atoms with Crippen molar-refractivity contribution in [2.45, 2.75) is 6.92 Å². The highest BCUT2D eigenvalue weighted by atomic mass is 35.5. The van der Waals surface area contributed by atoms with E-state index in [0.29, 0.717) is 27.8 Å². The molecule has 2 N–H and O–H groups in total. The number of hydrogen-bond acceptors (Lipinski definition) is 4. The zero-order chi connectivity index (χ0) is 17.7. The topological polar surface area (TPSA) is 59.6 Å². The Morgan fingerprint density at radius 2 is 1.92 bits per heavy atom. The number of thiocarbonyl (C=S) groups is 1. The van der Waals surface area contributed by atoms with Crippen LogP contribution in [0, 0.1) is 6.92 Å². The Hall–Kier alpha value is -2.31. The smallest absolute Gasteiger partial charge is 0.261 e. The summed E-state index contributed by atoms with van der Waals surface area (Å²) in [5.41, 5.74) is 1.92. The molecule has 0 bridgehead atoms. The van der Waals surface area contributed by atoms with Crippen LogP contribution in [0.1, 0.15) is 15.9 Å². The molecule has 0 saturated heterocycles. The molecule has 0 radical (unpaired) electrons. The number of benzene rings is 2. The molecule has 0 heterocycles. The molecule has 0 aromatic heterocycles. The maximum atomic E-state index is 12.4. The molecule has 0 fully saturated rings. The summed E-state index contributed by atoms with van der Waals surface area (Å²) in [7, 11) is 3.06. The van der Waals surface area contributed by atoms with Gasteiger partial charge in [0.15, 0.2) is 5.11 Å². The van der Waals surface area contributed by atoms with E-state index in [1.54, 1.807) is 30.3 Å². The first kappa shape index (κ1) is 18.0. The lowest BCUT2D eigenvalue weighted by atomic mass is 10.1. The van der Waals surface area contributed by atoms with Crippen LogP contribution in [0.5, 0.6) is 11.5 Å². The number of carbonyl (C=O) groups is 1. The summed E-state index contributed by atoms with van der Waals surface area (Å²) >= 11 is 11.2. The number of hydrogen-bond donors (Lipinski definition) is 2. The van der Waals surface area contributed by atoms with E-state index in [0.717, 1.165) is 5.56 Å². The number of ether oxygens (including phenoxy) is 2. The van der Waals surface area contributed by atoms with Crippen LogP contribution in [0.2, 0.25) is 5.02 Å². The van der Waals surface area contributed by atoms with Gasteiger partial charge in [0.25, 0.3) is 5.91 Å². The molecule has 1 amide bonds. The summed E-state index contributed by atoms with van der Waals surface area (Å²) in [6.45, 7) is 1.87. The molecule has 24 heavy (non-hydrogen) atoms. The van der Waals surface area contributed by atoms with Crippen LogP contribution in [0.15, 0.2) is 36.4 Å². The second kappa shape index (κ2) is 7.99. The summed E-state index contributed by atoms with van der Waals surface area (Å²) in [5, 5.41) is 6.13. The maximum Gasteiger partial charge on any atom is 0.261 e. The number of methoxy groups -OCH3 is 2. The van der Waals surface area contributed by atoms with Gasteiger partial charge in [-0.1, -0.05) is 23.7 Å². The van der Waals surface area contributed by atoms with E-state index in [1.165, 1.54) is 14.2 Å². The van der Waals surface area contributed by atoms with Crippen LogP contribution in [-0.2, 0) is 0 Å². The SMILES string of the molecule is COc1ccc(NC(=S)NC(=O)c2cccc(C)c2OC)cc1Cl. The molecule has 0 aliphatic heterocycles. The van der Waals surface area contributed by atoms with Crippen molar-refractivity contribution in [1.82, 2.24) is 5.32 Å². The molecule has 5 nitrogen and oxygen atoms in total. The minimum atomic E-state index is -0.354. The van der Waals surface area contributed by atoms with Crippen molar-refractivity contribution in [1.29, 1.82) is 0 Å². The van der Waals surface area contributed by atoms with Crippen molar-refractivity contribution in [2.75, 3.05) is 19.5 Å². The minimum absolute atomic E-state index is 0.157. The van der Waals surface area contributed by atoms with Gasteiger partial charge in [0.2, 0.25) is 0 Å². The van der Waals surface area contributed by atoms with Gasteiger partial charge < -0.3 is 14.8 Å². The van der Waals surface area contributed by atoms with E-state index in [2.05, 4.69) is 10.6 Å². The van der Waals surface area contributed by atoms with Crippen molar-refractivity contribution in [3.05, 3.63) is 52.5 Å². The van der Waals surface area contributed by atoms with Crippen LogP contribution in [-0.4, -0.2) is 25.2 Å². The van der Waals surface area contributed by atoms with E-state index in [4.69, 9.17) is 33.3 Å². The minimum Gasteiger partial charge on any atom is -0.496 e. The first-order chi connectivity index (χ1) is 11.5. The first-order valence-corrected chi connectivity index (χ1v) is 7.84. The lowest BCUT2D eigenvalue weighted by Crippen LogP contribution is -2.34. The third kappa shape index (κ3) is 4.15. The highest BCUT2D eigenvalue weighted by Crippen LogP contribution is 2.27. The van der Waals surface area contributed by atoms with E-state index in [1.807, 2.05) is 13.0 Å². The van der Waals surface area contributed by atoms with Gasteiger partial charge in [0.1, 0.15) is 11.5 Å². The van der Waals surface area contributed by atoms with Crippen LogP contribution >= 0.6 is 23.8 Å². The number of halogens is 1. The number of nitrogens with one attached hydrogen (secondary N) is 2. The lowest BCUT2D eigenvalue weighted by Gasteiger charge is -2.13. The van der Waals surface area contributed by atoms with Gasteiger partial charge in [-0.2, -0.15) is 0 Å². The monoisotopic (exact) mass is 364 g/mol. The van der Waals surface area contributed by atoms with E-state index < -0.39 is 0 Å². The van der Waals surface area contributed by atoms with Gasteiger partial charge in [-0.05, 0) is 49.0 Å². The third-order valence-electron chi connectivity index (χ3n) is 3.30. The summed E-state index contributed by atoms with van der Waals surface area (Å²) in [4.78, 5) is 12.4. The van der Waals surface area contributed by atoms with Crippen molar-refractivity contribution >= 4 is 40.5 Å². The summed E-state index contributed by atoms with van der Waals surface area (Å²) < 4.78 is 10.4. The summed E-state index contributed by atoms with van der Waals surface area (Å²) in [6.07, 6.45) is 0. The largest absolute Gasteiger partial charge is 0.496 e. The van der Waals surface area contributed by atoms with Crippen LogP contribution in [0.25, 0.3) is 0 Å². The molecule has 7 heteroatoms. The third-order valence-corrected chi connectivity index (χ3v) is 3.80. The van der Waals surface area contributed by atoms with Crippen molar-refractivity contribution in [3.63, 3.8) is 0 Å². The Morgan fingerprint density at radius 3 is 2.54 bits per heavy atom. The lowest BCUT2D eigenvalue weighted by molar-refractivity contribution is 0.0974. The molecule has 0 spiro atoms. The fourth-order valence-electron chi connectivity index (χ4n) is 2.18. The standard InChI is InChI=1S/C17H17ClN2O3S/c1-10-5-4-6-12(15(10)23-3)16(21)20-17(24)19-11-7-8-14(22-2)13(18)9-11/h4-9H,1-3H3,(H2,19,20,21,24). The first-order valence-electron chi connectivity index (χ1n) is 7.05. The second-order valence-corrected chi connectivity index (χ2v) is 5.73. The predicted octanol–water partition coefficient (Wildman–Crippen LogP) is 3.79. The number of amides is 1. The zero-order valence-electron chi connectivity index (χ0n) is 13.5. The average molecular weight is 365 g/mol. The van der Waals surface area contributed by atoms with Gasteiger partial charge in [-0.15, -0.1) is 0 Å². The molecule has 126 valence electrons. The van der Waals surface area contributed by atoms with Crippen LogP contribution < -0.4 is 20.1 Å². The molecule has 2 aromatic rings. The van der Waals surface area contributed by atoms with Crippen LogP contribution in [0.4, 0.5) is 5.69 Å². The Bertz CT molecular complexity index is 780. The number of para-hydroxylation sites is 1. The molecule has 0 aliphatic rings. The Morgan fingerprint density at radius 1 is 1.17 bits per heavy atom. The molecule has 2 aromatic carbocycles. The predicted molar refractivity (Wildman–Crippen MR) is 99.4 cm³/mol. The molecule has 0 atom stereocenters.